The molecule has 0 spiro atoms. The molecule has 0 radical (unpaired) electrons. The normalized spacial score (nSPS) is 14.2. The molecule has 0 aliphatic carbocycles. The zero-order valence-corrected chi connectivity index (χ0v) is 15.8. The molecule has 2 aromatic rings. The molecule has 1 heterocycles. The summed E-state index contributed by atoms with van der Waals surface area (Å²) in [6, 6.07) is 14.6. The van der Waals surface area contributed by atoms with Gasteiger partial charge in [0.25, 0.3) is 5.91 Å². The molecule has 0 fully saturated rings. The minimum Gasteiger partial charge on any atom is -0.493 e. The van der Waals surface area contributed by atoms with Crippen LogP contribution >= 0.6 is 0 Å². The third kappa shape index (κ3) is 4.78. The van der Waals surface area contributed by atoms with Crippen molar-refractivity contribution in [3.8, 4) is 5.75 Å². The molecule has 6 nitrogen and oxygen atoms in total. The molecule has 1 aliphatic heterocycles. The van der Waals surface area contributed by atoms with Crippen LogP contribution in [0.5, 0.6) is 5.75 Å². The molecule has 146 valence electrons. The molecule has 1 unspecified atom stereocenters. The first kappa shape index (κ1) is 19.6. The van der Waals surface area contributed by atoms with Gasteiger partial charge in [0.2, 0.25) is 5.91 Å². The van der Waals surface area contributed by atoms with Gasteiger partial charge in [-0.15, -0.1) is 6.58 Å². The Kier molecular flexibility index (Phi) is 6.45. The van der Waals surface area contributed by atoms with Crippen molar-refractivity contribution in [2.45, 2.75) is 6.42 Å². The van der Waals surface area contributed by atoms with Crippen molar-refractivity contribution >= 4 is 17.5 Å². The molecule has 0 saturated heterocycles. The van der Waals surface area contributed by atoms with E-state index in [0.717, 1.165) is 11.3 Å². The number of nitrogens with one attached hydrogen (secondary N) is 1. The quantitative estimate of drug-likeness (QED) is 0.690. The number of benzene rings is 2. The number of carbonyl (C=O) groups is 2. The van der Waals surface area contributed by atoms with Crippen LogP contribution in [0.4, 0.5) is 5.69 Å². The molecule has 0 bridgehead atoms. The molecule has 3 N–H and O–H groups in total. The topological polar surface area (TPSA) is 84.7 Å². The number of fused-ring (bicyclic) bond motifs is 1. The highest BCUT2D eigenvalue weighted by atomic mass is 16.5. The first-order valence-electron chi connectivity index (χ1n) is 9.33. The summed E-state index contributed by atoms with van der Waals surface area (Å²) in [5.41, 5.74) is 7.91. The lowest BCUT2D eigenvalue weighted by Crippen LogP contribution is -2.42. The number of hydrogen-bond donors (Lipinski definition) is 2. The second-order valence-corrected chi connectivity index (χ2v) is 6.75. The van der Waals surface area contributed by atoms with Gasteiger partial charge >= 0.3 is 0 Å². The van der Waals surface area contributed by atoms with E-state index in [1.165, 1.54) is 0 Å². The van der Waals surface area contributed by atoms with Gasteiger partial charge in [-0.2, -0.15) is 0 Å². The van der Waals surface area contributed by atoms with Crippen molar-refractivity contribution in [1.82, 2.24) is 4.90 Å². The van der Waals surface area contributed by atoms with Crippen molar-refractivity contribution in [1.29, 1.82) is 0 Å². The van der Waals surface area contributed by atoms with Crippen molar-refractivity contribution in [3.05, 3.63) is 72.3 Å². The van der Waals surface area contributed by atoms with E-state index in [4.69, 9.17) is 10.5 Å². The van der Waals surface area contributed by atoms with Crippen LogP contribution in [-0.2, 0) is 11.2 Å². The van der Waals surface area contributed by atoms with Gasteiger partial charge in [-0.1, -0.05) is 24.3 Å². The number of rotatable bonds is 8. The fourth-order valence-corrected chi connectivity index (χ4v) is 3.08. The predicted octanol–water partition coefficient (Wildman–Crippen LogP) is 2.46. The van der Waals surface area contributed by atoms with E-state index in [1.54, 1.807) is 23.1 Å². The number of ether oxygens (including phenoxy) is 1. The van der Waals surface area contributed by atoms with E-state index >= 15 is 0 Å². The molecular formula is C22H25N3O3. The summed E-state index contributed by atoms with van der Waals surface area (Å²) >= 11 is 0. The lowest BCUT2D eigenvalue weighted by Gasteiger charge is -2.28. The lowest BCUT2D eigenvalue weighted by atomic mass is 9.98. The van der Waals surface area contributed by atoms with Crippen LogP contribution in [-0.4, -0.2) is 43.0 Å². The van der Waals surface area contributed by atoms with Crippen LogP contribution in [0.1, 0.15) is 15.9 Å². The van der Waals surface area contributed by atoms with E-state index < -0.39 is 0 Å². The predicted molar refractivity (Wildman–Crippen MR) is 109 cm³/mol. The fourth-order valence-electron chi connectivity index (χ4n) is 3.08. The number of hydrogen-bond acceptors (Lipinski definition) is 4. The fraction of sp³-hybridized carbons (Fsp3) is 0.273. The maximum Gasteiger partial charge on any atom is 0.254 e. The van der Waals surface area contributed by atoms with Crippen molar-refractivity contribution in [2.75, 3.05) is 31.6 Å². The average Bonchev–Trinajstić information content (AvgIpc) is 2.71. The van der Waals surface area contributed by atoms with Gasteiger partial charge in [-0.3, -0.25) is 9.59 Å². The molecule has 2 aromatic carbocycles. The summed E-state index contributed by atoms with van der Waals surface area (Å²) in [5, 5.41) is 2.81. The van der Waals surface area contributed by atoms with E-state index in [-0.39, 0.29) is 24.3 Å². The van der Waals surface area contributed by atoms with Gasteiger partial charge in [0.05, 0.1) is 6.61 Å². The number of para-hydroxylation sites is 1. The standard InChI is InChI=1S/C22H25N3O3/c1-2-16(13-23)15-28-19-8-9-20-17(12-19)10-11-25(22(20)27)14-21(26)24-18-6-4-3-5-7-18/h2-9,12,16H,1,10-11,13-15,23H2,(H,24,26). The van der Waals surface area contributed by atoms with Gasteiger partial charge < -0.3 is 20.7 Å². The van der Waals surface area contributed by atoms with Crippen molar-refractivity contribution in [3.63, 3.8) is 0 Å². The van der Waals surface area contributed by atoms with Crippen LogP contribution in [0.15, 0.2) is 61.2 Å². The molecule has 6 heteroatoms. The average molecular weight is 379 g/mol. The Morgan fingerprint density at radius 3 is 2.79 bits per heavy atom. The summed E-state index contributed by atoms with van der Waals surface area (Å²) < 4.78 is 5.77. The van der Waals surface area contributed by atoms with Crippen LogP contribution < -0.4 is 15.8 Å². The summed E-state index contributed by atoms with van der Waals surface area (Å²) in [6.45, 7) is 5.20. The number of anilines is 1. The molecule has 28 heavy (non-hydrogen) atoms. The minimum absolute atomic E-state index is 0.0307. The molecule has 0 aromatic heterocycles. The monoisotopic (exact) mass is 379 g/mol. The second kappa shape index (κ2) is 9.19. The van der Waals surface area contributed by atoms with Gasteiger partial charge in [0.1, 0.15) is 12.3 Å². The van der Waals surface area contributed by atoms with Crippen molar-refractivity contribution < 1.29 is 14.3 Å². The number of nitrogens with two attached hydrogens (primary N) is 1. The highest BCUT2D eigenvalue weighted by Gasteiger charge is 2.26. The Labute approximate surface area is 165 Å². The zero-order chi connectivity index (χ0) is 19.9. The van der Waals surface area contributed by atoms with Crippen LogP contribution in [0.2, 0.25) is 0 Å². The minimum atomic E-state index is -0.208. The Hall–Kier alpha value is -3.12. The van der Waals surface area contributed by atoms with Crippen LogP contribution in [0, 0.1) is 5.92 Å². The summed E-state index contributed by atoms with van der Waals surface area (Å²) in [5.74, 6) is 0.459. The van der Waals surface area contributed by atoms with Gasteiger partial charge in [-0.25, -0.2) is 0 Å². The smallest absolute Gasteiger partial charge is 0.254 e. The third-order valence-electron chi connectivity index (χ3n) is 4.74. The van der Waals surface area contributed by atoms with Gasteiger partial charge in [0.15, 0.2) is 0 Å². The highest BCUT2D eigenvalue weighted by Crippen LogP contribution is 2.24. The maximum absolute atomic E-state index is 12.8. The number of nitrogens with zero attached hydrogens (tertiary/aromatic N) is 1. The van der Waals surface area contributed by atoms with E-state index in [1.807, 2.05) is 36.4 Å². The first-order valence-corrected chi connectivity index (χ1v) is 9.33. The highest BCUT2D eigenvalue weighted by molar-refractivity contribution is 6.01. The van der Waals surface area contributed by atoms with E-state index in [2.05, 4.69) is 11.9 Å². The third-order valence-corrected chi connectivity index (χ3v) is 4.74. The largest absolute Gasteiger partial charge is 0.493 e. The van der Waals surface area contributed by atoms with Gasteiger partial charge in [0, 0.05) is 30.3 Å². The Morgan fingerprint density at radius 2 is 2.07 bits per heavy atom. The number of carbonyl (C=O) groups excluding carboxylic acids is 2. The lowest BCUT2D eigenvalue weighted by molar-refractivity contribution is -0.116. The van der Waals surface area contributed by atoms with Crippen LogP contribution in [0.3, 0.4) is 0 Å². The molecular weight excluding hydrogens is 354 g/mol. The van der Waals surface area contributed by atoms with Gasteiger partial charge in [-0.05, 0) is 42.3 Å². The SMILES string of the molecule is C=CC(CN)COc1ccc2c(c1)CCN(CC(=O)Nc1ccccc1)C2=O. The van der Waals surface area contributed by atoms with E-state index in [9.17, 15) is 9.59 Å². The molecule has 2 amide bonds. The zero-order valence-electron chi connectivity index (χ0n) is 15.8. The van der Waals surface area contributed by atoms with Crippen molar-refractivity contribution in [2.24, 2.45) is 11.7 Å². The Bertz CT molecular complexity index is 851. The molecule has 1 aliphatic rings. The number of amides is 2. The van der Waals surface area contributed by atoms with Crippen LogP contribution in [0.25, 0.3) is 0 Å². The summed E-state index contributed by atoms with van der Waals surface area (Å²) in [7, 11) is 0. The van der Waals surface area contributed by atoms with E-state index in [0.29, 0.717) is 37.4 Å². The molecule has 0 saturated carbocycles. The second-order valence-electron chi connectivity index (χ2n) is 6.75. The first-order chi connectivity index (χ1) is 13.6. The molecule has 3 rings (SSSR count). The summed E-state index contributed by atoms with van der Waals surface area (Å²) in [4.78, 5) is 26.6. The Balaban J connectivity index is 1.61. The Morgan fingerprint density at radius 1 is 1.29 bits per heavy atom. The maximum atomic E-state index is 12.8. The summed E-state index contributed by atoms with van der Waals surface area (Å²) in [6.07, 6.45) is 2.46. The molecule has 1 atom stereocenters.